The topological polar surface area (TPSA) is 56.1 Å². The van der Waals surface area contributed by atoms with Crippen LogP contribution in [0.15, 0.2) is 11.0 Å². The number of hydrogen-bond donors (Lipinski definition) is 1. The Morgan fingerprint density at radius 1 is 1.53 bits per heavy atom. The van der Waals surface area contributed by atoms with E-state index in [0.717, 1.165) is 0 Å². The first kappa shape index (κ1) is 14.0. The highest BCUT2D eigenvalue weighted by molar-refractivity contribution is 6.32. The standard InChI is InChI=1S/C11H18ClN3O2/c1-7(2)15-11(16)10(12)9(6-14-15)13-5-8(3)17-4/h6-8,13H,5H2,1-4H3. The van der Waals surface area contributed by atoms with Crippen LogP contribution in [0, 0.1) is 0 Å². The molecule has 1 unspecified atom stereocenters. The van der Waals surface area contributed by atoms with Crippen LogP contribution in [0.4, 0.5) is 5.69 Å². The molecule has 0 spiro atoms. The van der Waals surface area contributed by atoms with Crippen molar-refractivity contribution in [1.82, 2.24) is 9.78 Å². The summed E-state index contributed by atoms with van der Waals surface area (Å²) in [5, 5.41) is 7.26. The average Bonchev–Trinajstić information content (AvgIpc) is 2.30. The van der Waals surface area contributed by atoms with Gasteiger partial charge in [-0.3, -0.25) is 4.79 Å². The van der Waals surface area contributed by atoms with Crippen molar-refractivity contribution < 1.29 is 4.74 Å². The summed E-state index contributed by atoms with van der Waals surface area (Å²) in [5.41, 5.74) is 0.259. The lowest BCUT2D eigenvalue weighted by Crippen LogP contribution is -2.27. The van der Waals surface area contributed by atoms with Gasteiger partial charge in [-0.15, -0.1) is 0 Å². The van der Waals surface area contributed by atoms with Gasteiger partial charge in [0.05, 0.1) is 24.0 Å². The maximum absolute atomic E-state index is 11.8. The molecule has 0 saturated heterocycles. The summed E-state index contributed by atoms with van der Waals surface area (Å²) in [4.78, 5) is 11.8. The normalized spacial score (nSPS) is 12.8. The van der Waals surface area contributed by atoms with Gasteiger partial charge in [-0.2, -0.15) is 5.10 Å². The third kappa shape index (κ3) is 3.44. The lowest BCUT2D eigenvalue weighted by atomic mass is 10.3. The van der Waals surface area contributed by atoms with E-state index in [1.807, 2.05) is 20.8 Å². The second-order valence-electron chi connectivity index (χ2n) is 4.14. The molecule has 1 N–H and O–H groups in total. The van der Waals surface area contributed by atoms with Gasteiger partial charge in [0.15, 0.2) is 0 Å². The van der Waals surface area contributed by atoms with E-state index in [0.29, 0.717) is 12.2 Å². The zero-order valence-corrected chi connectivity index (χ0v) is 11.3. The number of rotatable bonds is 5. The molecule has 96 valence electrons. The Balaban J connectivity index is 2.90. The van der Waals surface area contributed by atoms with Crippen LogP contribution in [-0.4, -0.2) is 29.5 Å². The van der Waals surface area contributed by atoms with E-state index >= 15 is 0 Å². The maximum atomic E-state index is 11.8. The summed E-state index contributed by atoms with van der Waals surface area (Å²) in [6.07, 6.45) is 1.60. The predicted octanol–water partition coefficient (Wildman–Crippen LogP) is 1.92. The average molecular weight is 260 g/mol. The minimum absolute atomic E-state index is 0.00745. The van der Waals surface area contributed by atoms with Gasteiger partial charge >= 0.3 is 0 Å². The van der Waals surface area contributed by atoms with E-state index in [2.05, 4.69) is 10.4 Å². The molecule has 0 saturated carbocycles. The van der Waals surface area contributed by atoms with Crippen LogP contribution in [0.3, 0.4) is 0 Å². The Hall–Kier alpha value is -1.07. The van der Waals surface area contributed by atoms with E-state index in [-0.39, 0.29) is 22.7 Å². The molecule has 5 nitrogen and oxygen atoms in total. The summed E-state index contributed by atoms with van der Waals surface area (Å²) in [6, 6.07) is -0.00745. The third-order valence-electron chi connectivity index (χ3n) is 2.42. The molecule has 1 atom stereocenters. The van der Waals surface area contributed by atoms with Gasteiger partial charge < -0.3 is 10.1 Å². The van der Waals surface area contributed by atoms with E-state index in [1.54, 1.807) is 13.3 Å². The monoisotopic (exact) mass is 259 g/mol. The number of nitrogens with one attached hydrogen (secondary N) is 1. The number of halogens is 1. The zero-order valence-electron chi connectivity index (χ0n) is 10.5. The zero-order chi connectivity index (χ0) is 13.0. The highest BCUT2D eigenvalue weighted by Gasteiger charge is 2.11. The van der Waals surface area contributed by atoms with Gasteiger partial charge in [0.2, 0.25) is 0 Å². The number of nitrogens with zero attached hydrogens (tertiary/aromatic N) is 2. The van der Waals surface area contributed by atoms with Crippen molar-refractivity contribution in [3.63, 3.8) is 0 Å². The fourth-order valence-electron chi connectivity index (χ4n) is 1.27. The van der Waals surface area contributed by atoms with Gasteiger partial charge in [0, 0.05) is 13.7 Å². The molecule has 0 aliphatic rings. The molecule has 1 heterocycles. The number of methoxy groups -OCH3 is 1. The van der Waals surface area contributed by atoms with Crippen molar-refractivity contribution >= 4 is 17.3 Å². The molecule has 6 heteroatoms. The van der Waals surface area contributed by atoms with E-state index < -0.39 is 0 Å². The first-order valence-corrected chi connectivity index (χ1v) is 5.89. The maximum Gasteiger partial charge on any atom is 0.287 e. The highest BCUT2D eigenvalue weighted by atomic mass is 35.5. The largest absolute Gasteiger partial charge is 0.380 e. The Morgan fingerprint density at radius 3 is 2.71 bits per heavy atom. The summed E-state index contributed by atoms with van der Waals surface area (Å²) >= 11 is 5.99. The number of ether oxygens (including phenoxy) is 1. The first-order valence-electron chi connectivity index (χ1n) is 5.51. The second-order valence-corrected chi connectivity index (χ2v) is 4.52. The fourth-order valence-corrected chi connectivity index (χ4v) is 1.48. The van der Waals surface area contributed by atoms with E-state index in [4.69, 9.17) is 16.3 Å². The highest BCUT2D eigenvalue weighted by Crippen LogP contribution is 2.16. The molecular formula is C11H18ClN3O2. The Kier molecular flexibility index (Phi) is 4.96. The van der Waals surface area contributed by atoms with Crippen molar-refractivity contribution in [1.29, 1.82) is 0 Å². The summed E-state index contributed by atoms with van der Waals surface area (Å²) in [7, 11) is 1.63. The van der Waals surface area contributed by atoms with Crippen LogP contribution in [0.5, 0.6) is 0 Å². The SMILES string of the molecule is COC(C)CNc1cnn(C(C)C)c(=O)c1Cl. The molecule has 1 aromatic heterocycles. The number of hydrogen-bond acceptors (Lipinski definition) is 4. The van der Waals surface area contributed by atoms with Gasteiger partial charge in [0.25, 0.3) is 5.56 Å². The Morgan fingerprint density at radius 2 is 2.18 bits per heavy atom. The summed E-state index contributed by atoms with van der Waals surface area (Å²) in [5.74, 6) is 0. The molecule has 0 aromatic carbocycles. The van der Waals surface area contributed by atoms with Crippen LogP contribution in [0.2, 0.25) is 5.02 Å². The molecule has 1 rings (SSSR count). The smallest absolute Gasteiger partial charge is 0.287 e. The molecule has 0 amide bonds. The van der Waals surface area contributed by atoms with Crippen molar-refractivity contribution in [2.24, 2.45) is 0 Å². The van der Waals surface area contributed by atoms with Gasteiger partial charge in [-0.05, 0) is 20.8 Å². The predicted molar refractivity (Wildman–Crippen MR) is 68.9 cm³/mol. The minimum atomic E-state index is -0.281. The second kappa shape index (κ2) is 6.02. The van der Waals surface area contributed by atoms with Crippen LogP contribution < -0.4 is 10.9 Å². The Labute approximate surface area is 106 Å². The van der Waals surface area contributed by atoms with Crippen molar-refractivity contribution in [2.45, 2.75) is 32.9 Å². The molecule has 0 radical (unpaired) electrons. The van der Waals surface area contributed by atoms with Gasteiger partial charge in [-0.25, -0.2) is 4.68 Å². The van der Waals surface area contributed by atoms with Crippen molar-refractivity contribution in [3.05, 3.63) is 21.6 Å². The first-order chi connectivity index (χ1) is 7.97. The van der Waals surface area contributed by atoms with Crippen molar-refractivity contribution in [3.8, 4) is 0 Å². The van der Waals surface area contributed by atoms with Crippen LogP contribution >= 0.6 is 11.6 Å². The summed E-state index contributed by atoms with van der Waals surface area (Å²) in [6.45, 7) is 6.25. The van der Waals surface area contributed by atoms with E-state index in [9.17, 15) is 4.79 Å². The van der Waals surface area contributed by atoms with Crippen LogP contribution in [0.25, 0.3) is 0 Å². The molecule has 0 aliphatic carbocycles. The van der Waals surface area contributed by atoms with Gasteiger partial charge in [-0.1, -0.05) is 11.6 Å². The number of anilines is 1. The van der Waals surface area contributed by atoms with E-state index in [1.165, 1.54) is 4.68 Å². The molecule has 1 aromatic rings. The lowest BCUT2D eigenvalue weighted by molar-refractivity contribution is 0.129. The quantitative estimate of drug-likeness (QED) is 0.878. The fraction of sp³-hybridized carbons (Fsp3) is 0.636. The number of aromatic nitrogens is 2. The lowest BCUT2D eigenvalue weighted by Gasteiger charge is -2.14. The molecule has 17 heavy (non-hydrogen) atoms. The Bertz CT molecular complexity index is 431. The van der Waals surface area contributed by atoms with Crippen LogP contribution in [0.1, 0.15) is 26.8 Å². The molecule has 0 aliphatic heterocycles. The molecular weight excluding hydrogens is 242 g/mol. The minimum Gasteiger partial charge on any atom is -0.380 e. The van der Waals surface area contributed by atoms with Gasteiger partial charge in [0.1, 0.15) is 5.02 Å². The van der Waals surface area contributed by atoms with Crippen LogP contribution in [-0.2, 0) is 4.74 Å². The summed E-state index contributed by atoms with van der Waals surface area (Å²) < 4.78 is 6.45. The van der Waals surface area contributed by atoms with Crippen molar-refractivity contribution in [2.75, 3.05) is 19.0 Å². The third-order valence-corrected chi connectivity index (χ3v) is 2.78. The molecule has 0 bridgehead atoms. The molecule has 0 fully saturated rings.